The number of piperidine rings is 1. The Labute approximate surface area is 152 Å². The third-order valence-electron chi connectivity index (χ3n) is 4.69. The van der Waals surface area contributed by atoms with Crippen LogP contribution in [0.15, 0.2) is 28.8 Å². The zero-order valence-corrected chi connectivity index (χ0v) is 15.2. The molecule has 1 aromatic carbocycles. The summed E-state index contributed by atoms with van der Waals surface area (Å²) < 4.78 is 5.31. The Kier molecular flexibility index (Phi) is 5.65. The van der Waals surface area contributed by atoms with Gasteiger partial charge >= 0.3 is 0 Å². The van der Waals surface area contributed by atoms with Crippen LogP contribution < -0.4 is 5.32 Å². The van der Waals surface area contributed by atoms with Crippen molar-refractivity contribution in [2.45, 2.75) is 39.0 Å². The number of amides is 2. The number of likely N-dealkylation sites (tertiary alicyclic amines) is 1. The molecule has 1 aromatic heterocycles. The summed E-state index contributed by atoms with van der Waals surface area (Å²) in [6.07, 6.45) is 2.20. The summed E-state index contributed by atoms with van der Waals surface area (Å²) in [5.41, 5.74) is 1.70. The Morgan fingerprint density at radius 1 is 1.31 bits per heavy atom. The van der Waals surface area contributed by atoms with Crippen LogP contribution in [0.5, 0.6) is 0 Å². The summed E-state index contributed by atoms with van der Waals surface area (Å²) in [5.74, 6) is 1.46. The Morgan fingerprint density at radius 2 is 2.08 bits per heavy atom. The van der Waals surface area contributed by atoms with Gasteiger partial charge in [-0.2, -0.15) is 4.98 Å². The van der Waals surface area contributed by atoms with E-state index in [1.807, 2.05) is 30.0 Å². The van der Waals surface area contributed by atoms with Gasteiger partial charge in [-0.1, -0.05) is 22.9 Å². The minimum atomic E-state index is -0.106. The molecule has 1 aliphatic heterocycles. The quantitative estimate of drug-likeness (QED) is 0.886. The Bertz CT molecular complexity index is 779. The molecule has 26 heavy (non-hydrogen) atoms. The topological polar surface area (TPSA) is 88.3 Å². The molecule has 0 radical (unpaired) electrons. The van der Waals surface area contributed by atoms with Crippen molar-refractivity contribution in [2.24, 2.45) is 0 Å². The van der Waals surface area contributed by atoms with Crippen LogP contribution in [0.1, 0.15) is 53.3 Å². The maximum Gasteiger partial charge on any atom is 0.251 e. The SMILES string of the molecule is CC(=O)N1CCC(c2noc(CCNC(=O)c3cccc(C)c3)n2)CC1. The highest BCUT2D eigenvalue weighted by atomic mass is 16.5. The lowest BCUT2D eigenvalue weighted by Gasteiger charge is -2.29. The molecule has 0 saturated carbocycles. The minimum absolute atomic E-state index is 0.106. The predicted octanol–water partition coefficient (Wildman–Crippen LogP) is 2.08. The van der Waals surface area contributed by atoms with Gasteiger partial charge in [-0.15, -0.1) is 0 Å². The summed E-state index contributed by atoms with van der Waals surface area (Å²) in [7, 11) is 0. The van der Waals surface area contributed by atoms with E-state index in [1.165, 1.54) is 0 Å². The van der Waals surface area contributed by atoms with Crippen LogP contribution in [0.3, 0.4) is 0 Å². The van der Waals surface area contributed by atoms with Gasteiger partial charge in [0.05, 0.1) is 0 Å². The molecular formula is C19H24N4O3. The molecule has 7 heteroatoms. The lowest BCUT2D eigenvalue weighted by atomic mass is 9.96. The molecule has 0 atom stereocenters. The number of hydrogen-bond acceptors (Lipinski definition) is 5. The average Bonchev–Trinajstić information content (AvgIpc) is 3.10. The highest BCUT2D eigenvalue weighted by Crippen LogP contribution is 2.25. The van der Waals surface area contributed by atoms with Crippen LogP contribution in [-0.4, -0.2) is 46.5 Å². The normalized spacial score (nSPS) is 15.1. The van der Waals surface area contributed by atoms with E-state index >= 15 is 0 Å². The number of nitrogens with zero attached hydrogens (tertiary/aromatic N) is 3. The van der Waals surface area contributed by atoms with Crippen molar-refractivity contribution in [2.75, 3.05) is 19.6 Å². The van der Waals surface area contributed by atoms with Gasteiger partial charge in [0, 0.05) is 44.5 Å². The van der Waals surface area contributed by atoms with E-state index < -0.39 is 0 Å². The largest absolute Gasteiger partial charge is 0.352 e. The van der Waals surface area contributed by atoms with Gasteiger partial charge in [0.1, 0.15) is 0 Å². The molecule has 7 nitrogen and oxygen atoms in total. The second-order valence-electron chi connectivity index (χ2n) is 6.70. The van der Waals surface area contributed by atoms with E-state index in [1.54, 1.807) is 13.0 Å². The molecule has 138 valence electrons. The number of carbonyl (C=O) groups excluding carboxylic acids is 2. The number of nitrogens with one attached hydrogen (secondary N) is 1. The summed E-state index contributed by atoms with van der Waals surface area (Å²) in [4.78, 5) is 29.8. The van der Waals surface area contributed by atoms with Crippen molar-refractivity contribution in [3.63, 3.8) is 0 Å². The number of carbonyl (C=O) groups is 2. The molecule has 0 bridgehead atoms. The van der Waals surface area contributed by atoms with E-state index in [4.69, 9.17) is 4.52 Å². The fraction of sp³-hybridized carbons (Fsp3) is 0.474. The number of rotatable bonds is 5. The third-order valence-corrected chi connectivity index (χ3v) is 4.69. The van der Waals surface area contributed by atoms with Gasteiger partial charge < -0.3 is 14.7 Å². The van der Waals surface area contributed by atoms with Crippen molar-refractivity contribution in [1.29, 1.82) is 0 Å². The van der Waals surface area contributed by atoms with Crippen molar-refractivity contribution in [3.8, 4) is 0 Å². The molecular weight excluding hydrogens is 332 g/mol. The summed E-state index contributed by atoms with van der Waals surface area (Å²) >= 11 is 0. The van der Waals surface area contributed by atoms with Gasteiger partial charge in [-0.3, -0.25) is 9.59 Å². The summed E-state index contributed by atoms with van der Waals surface area (Å²) in [6, 6.07) is 7.47. The number of aryl methyl sites for hydroxylation is 1. The molecule has 0 unspecified atom stereocenters. The lowest BCUT2D eigenvalue weighted by Crippen LogP contribution is -2.36. The molecule has 0 aliphatic carbocycles. The molecule has 2 heterocycles. The van der Waals surface area contributed by atoms with Crippen LogP contribution in [0, 0.1) is 6.92 Å². The first-order valence-electron chi connectivity index (χ1n) is 8.96. The first kappa shape index (κ1) is 18.1. The van der Waals surface area contributed by atoms with Crippen molar-refractivity contribution in [3.05, 3.63) is 47.1 Å². The second-order valence-corrected chi connectivity index (χ2v) is 6.70. The first-order valence-corrected chi connectivity index (χ1v) is 8.96. The molecule has 3 rings (SSSR count). The summed E-state index contributed by atoms with van der Waals surface area (Å²) in [6.45, 7) is 5.46. The molecule has 2 aromatic rings. The monoisotopic (exact) mass is 356 g/mol. The smallest absolute Gasteiger partial charge is 0.251 e. The van der Waals surface area contributed by atoms with Crippen molar-refractivity contribution in [1.82, 2.24) is 20.4 Å². The Hall–Kier alpha value is -2.70. The lowest BCUT2D eigenvalue weighted by molar-refractivity contribution is -0.129. The fourth-order valence-electron chi connectivity index (χ4n) is 3.16. The maximum absolute atomic E-state index is 12.1. The highest BCUT2D eigenvalue weighted by Gasteiger charge is 2.25. The van der Waals surface area contributed by atoms with Gasteiger partial charge in [-0.05, 0) is 31.9 Å². The Balaban J connectivity index is 1.47. The van der Waals surface area contributed by atoms with E-state index in [9.17, 15) is 9.59 Å². The average molecular weight is 356 g/mol. The van der Waals surface area contributed by atoms with Crippen LogP contribution in [0.4, 0.5) is 0 Å². The van der Waals surface area contributed by atoms with Crippen LogP contribution >= 0.6 is 0 Å². The van der Waals surface area contributed by atoms with Gasteiger partial charge in [0.25, 0.3) is 5.91 Å². The molecule has 1 fully saturated rings. The van der Waals surface area contributed by atoms with Crippen LogP contribution in [-0.2, 0) is 11.2 Å². The highest BCUT2D eigenvalue weighted by molar-refractivity contribution is 5.94. The van der Waals surface area contributed by atoms with E-state index in [2.05, 4.69) is 15.5 Å². The number of benzene rings is 1. The van der Waals surface area contributed by atoms with Gasteiger partial charge in [0.15, 0.2) is 5.82 Å². The number of aromatic nitrogens is 2. The van der Waals surface area contributed by atoms with E-state index in [-0.39, 0.29) is 17.7 Å². The van der Waals surface area contributed by atoms with Crippen LogP contribution in [0.2, 0.25) is 0 Å². The van der Waals surface area contributed by atoms with Crippen molar-refractivity contribution >= 4 is 11.8 Å². The second kappa shape index (κ2) is 8.12. The first-order chi connectivity index (χ1) is 12.5. The van der Waals surface area contributed by atoms with Crippen LogP contribution in [0.25, 0.3) is 0 Å². The molecule has 1 saturated heterocycles. The Morgan fingerprint density at radius 3 is 2.77 bits per heavy atom. The third kappa shape index (κ3) is 4.47. The molecule has 0 spiro atoms. The molecule has 2 amide bonds. The standard InChI is InChI=1S/C19H24N4O3/c1-13-4-3-5-16(12-13)19(25)20-9-6-17-21-18(22-26-17)15-7-10-23(11-8-15)14(2)24/h3-5,12,15H,6-11H2,1-2H3,(H,20,25). The maximum atomic E-state index is 12.1. The van der Waals surface area contributed by atoms with E-state index in [0.29, 0.717) is 30.2 Å². The summed E-state index contributed by atoms with van der Waals surface area (Å²) in [5, 5.41) is 6.95. The zero-order valence-electron chi connectivity index (χ0n) is 15.2. The zero-order chi connectivity index (χ0) is 18.5. The minimum Gasteiger partial charge on any atom is -0.352 e. The predicted molar refractivity (Wildman–Crippen MR) is 95.7 cm³/mol. The van der Waals surface area contributed by atoms with Gasteiger partial charge in [-0.25, -0.2) is 0 Å². The molecule has 1 aliphatic rings. The van der Waals surface area contributed by atoms with Gasteiger partial charge in [0.2, 0.25) is 11.8 Å². The fourth-order valence-corrected chi connectivity index (χ4v) is 3.16. The van der Waals surface area contributed by atoms with Crippen molar-refractivity contribution < 1.29 is 14.1 Å². The number of hydrogen-bond donors (Lipinski definition) is 1. The molecule has 1 N–H and O–H groups in total. The van der Waals surface area contributed by atoms with E-state index in [0.717, 1.165) is 31.5 Å².